The van der Waals surface area contributed by atoms with Crippen LogP contribution >= 0.6 is 29.7 Å². The average molecular weight is 362 g/mol. The second-order valence-corrected chi connectivity index (χ2v) is 19.7. The van der Waals surface area contributed by atoms with Crippen molar-refractivity contribution in [2.24, 2.45) is 0 Å². The van der Waals surface area contributed by atoms with E-state index >= 15 is 0 Å². The highest BCUT2D eigenvalue weighted by Crippen LogP contribution is 2.98. The van der Waals surface area contributed by atoms with Crippen LogP contribution < -0.4 is 0 Å². The lowest BCUT2D eigenvalue weighted by atomic mass is 11.5. The highest BCUT2D eigenvalue weighted by Gasteiger charge is 2.67. The monoisotopic (exact) mass is 362 g/mol. The first kappa shape index (κ1) is 14.8. The number of hydrogen-bond donors (Lipinski definition) is 0. The van der Waals surface area contributed by atoms with Gasteiger partial charge in [-0.1, -0.05) is 0 Å². The summed E-state index contributed by atoms with van der Waals surface area (Å²) in [5.74, 6) is 0. The van der Waals surface area contributed by atoms with Gasteiger partial charge < -0.3 is 0 Å². The molecule has 104 valence electrons. The van der Waals surface area contributed by atoms with Crippen molar-refractivity contribution in [3.8, 4) is 0 Å². The molecule has 0 radical (unpaired) electrons. The molecule has 0 spiro atoms. The lowest BCUT2D eigenvalue weighted by Crippen LogP contribution is -2.55. The molecule has 0 amide bonds. The Morgan fingerprint density at radius 3 is 1.22 bits per heavy atom. The summed E-state index contributed by atoms with van der Waals surface area (Å²) in [5, 5.41) is 0. The lowest BCUT2D eigenvalue weighted by Gasteiger charge is -2.73. The van der Waals surface area contributed by atoms with Crippen molar-refractivity contribution >= 4 is 53.3 Å². The largest absolute Gasteiger partial charge is 0.211 e. The maximum absolute atomic E-state index is 6.09. The topological polar surface area (TPSA) is 19.4 Å². The quantitative estimate of drug-likeness (QED) is 0.605. The molecule has 4 aliphatic heterocycles. The van der Waals surface area contributed by atoms with Gasteiger partial charge >= 0.3 is 0 Å². The van der Waals surface area contributed by atoms with Crippen LogP contribution in [0.15, 0.2) is 0 Å². The fourth-order valence-corrected chi connectivity index (χ4v) is 28.0. The van der Waals surface area contributed by atoms with Gasteiger partial charge in [-0.05, 0) is 30.7 Å². The van der Waals surface area contributed by atoms with E-state index in [1.807, 2.05) is 0 Å². The van der Waals surface area contributed by atoms with Crippen LogP contribution in [-0.2, 0) is 23.6 Å². The predicted octanol–water partition coefficient (Wildman–Crippen LogP) is 2.52. The summed E-state index contributed by atoms with van der Waals surface area (Å²) in [7, 11) is 12.1. The Balaban J connectivity index is 2.28. The van der Waals surface area contributed by atoms with E-state index < -0.39 is 29.7 Å². The maximum atomic E-state index is 6.09. The normalized spacial score (nSPS) is 52.6. The third-order valence-corrected chi connectivity index (χ3v) is 25.4. The van der Waals surface area contributed by atoms with Crippen LogP contribution in [0, 0.1) is 0 Å². The first-order valence-electron chi connectivity index (χ1n) is 5.45. The molecule has 0 unspecified atom stereocenters. The molecule has 0 saturated carbocycles. The minimum absolute atomic E-state index is 0.478. The molecule has 4 fully saturated rings. The SMILES string of the molecule is CN1P2N(C)P3(=S)N(C)P1N(C)P(=S)(N2C)N3C. The molecule has 0 atom stereocenters. The Labute approximate surface area is 122 Å². The van der Waals surface area contributed by atoms with Crippen LogP contribution in [0.5, 0.6) is 0 Å². The second-order valence-electron chi connectivity index (χ2n) is 4.50. The van der Waals surface area contributed by atoms with Crippen LogP contribution in [0.1, 0.15) is 0 Å². The maximum Gasteiger partial charge on any atom is 0.161 e. The summed E-state index contributed by atoms with van der Waals surface area (Å²) in [5.41, 5.74) is 0. The Bertz CT molecular complexity index is 432. The molecule has 0 aromatic rings. The van der Waals surface area contributed by atoms with Gasteiger partial charge in [0.2, 0.25) is 0 Å². The van der Waals surface area contributed by atoms with E-state index in [0.717, 1.165) is 0 Å². The molecule has 0 aromatic heterocycles. The van der Waals surface area contributed by atoms with Crippen LogP contribution in [0.3, 0.4) is 0 Å². The zero-order chi connectivity index (χ0) is 13.6. The minimum Gasteiger partial charge on any atom is -0.211 e. The Kier molecular flexibility index (Phi) is 3.48. The van der Waals surface area contributed by atoms with E-state index in [9.17, 15) is 0 Å². The van der Waals surface area contributed by atoms with Crippen LogP contribution in [-0.4, -0.2) is 68.9 Å². The van der Waals surface area contributed by atoms with Crippen molar-refractivity contribution in [1.82, 2.24) is 26.6 Å². The van der Waals surface area contributed by atoms with Gasteiger partial charge in [-0.3, -0.25) is 0 Å². The van der Waals surface area contributed by atoms with Gasteiger partial charge in [0.05, 0.1) is 0 Å². The third kappa shape index (κ3) is 1.34. The van der Waals surface area contributed by atoms with Crippen molar-refractivity contribution in [3.63, 3.8) is 0 Å². The first-order valence-corrected chi connectivity index (χ1v) is 13.2. The van der Waals surface area contributed by atoms with Gasteiger partial charge in [-0.25, -0.2) is 22.2 Å². The highest BCUT2D eigenvalue weighted by molar-refractivity contribution is 8.27. The molecule has 4 heterocycles. The highest BCUT2D eigenvalue weighted by atomic mass is 32.5. The van der Waals surface area contributed by atoms with E-state index in [-0.39, 0.29) is 0 Å². The van der Waals surface area contributed by atoms with Crippen molar-refractivity contribution in [3.05, 3.63) is 0 Å². The molecule has 12 heteroatoms. The standard InChI is InChI=1S/C6H18N6P4S2/c1-7-13-8(2)15(17)10(4)14(7)11(5)16(18,9(13)3)12(15)6/h1-6H3. The molecule has 0 aromatic carbocycles. The lowest BCUT2D eigenvalue weighted by molar-refractivity contribution is 0.468. The van der Waals surface area contributed by atoms with Gasteiger partial charge in [0.1, 0.15) is 16.7 Å². The fraction of sp³-hybridized carbons (Fsp3) is 1.00. The molecule has 4 bridgehead atoms. The predicted molar refractivity (Wildman–Crippen MR) is 89.0 cm³/mol. The summed E-state index contributed by atoms with van der Waals surface area (Å²) in [6, 6.07) is 0. The molecular formula is C6H18N6P4S2. The van der Waals surface area contributed by atoms with Crippen molar-refractivity contribution in [2.45, 2.75) is 0 Å². The molecule has 0 N–H and O–H groups in total. The number of nitrogens with zero attached hydrogens (tertiary/aromatic N) is 6. The molecular weight excluding hydrogens is 344 g/mol. The Morgan fingerprint density at radius 1 is 0.667 bits per heavy atom. The van der Waals surface area contributed by atoms with Crippen molar-refractivity contribution in [2.75, 3.05) is 42.3 Å². The molecule has 4 rings (SSSR count). The average Bonchev–Trinajstić information content (AvgIpc) is 2.31. The zero-order valence-electron chi connectivity index (χ0n) is 11.3. The van der Waals surface area contributed by atoms with Gasteiger partial charge in [0.15, 0.2) is 13.0 Å². The van der Waals surface area contributed by atoms with E-state index in [2.05, 4.69) is 68.9 Å². The summed E-state index contributed by atoms with van der Waals surface area (Å²) in [6.45, 7) is -3.62. The molecule has 4 aliphatic rings. The van der Waals surface area contributed by atoms with Crippen LogP contribution in [0.2, 0.25) is 0 Å². The van der Waals surface area contributed by atoms with E-state index in [4.69, 9.17) is 23.6 Å². The Hall–Kier alpha value is 1.92. The molecule has 6 nitrogen and oxygen atoms in total. The van der Waals surface area contributed by atoms with Gasteiger partial charge in [0.25, 0.3) is 0 Å². The second kappa shape index (κ2) is 4.23. The van der Waals surface area contributed by atoms with E-state index in [1.54, 1.807) is 0 Å². The van der Waals surface area contributed by atoms with Crippen LogP contribution in [0.4, 0.5) is 0 Å². The molecule has 18 heavy (non-hydrogen) atoms. The smallest absolute Gasteiger partial charge is 0.161 e. The van der Waals surface area contributed by atoms with Crippen LogP contribution in [0.25, 0.3) is 0 Å². The third-order valence-electron chi connectivity index (χ3n) is 3.82. The summed E-state index contributed by atoms with van der Waals surface area (Å²) >= 11 is 12.2. The first-order chi connectivity index (χ1) is 8.20. The van der Waals surface area contributed by atoms with Gasteiger partial charge in [0, 0.05) is 35.2 Å². The van der Waals surface area contributed by atoms with Gasteiger partial charge in [-0.15, -0.1) is 0 Å². The Morgan fingerprint density at radius 2 is 0.944 bits per heavy atom. The summed E-state index contributed by atoms with van der Waals surface area (Å²) in [4.78, 5) is 0. The van der Waals surface area contributed by atoms with Crippen molar-refractivity contribution in [1.29, 1.82) is 0 Å². The number of rotatable bonds is 0. The summed E-state index contributed by atoms with van der Waals surface area (Å²) < 4.78 is 14.5. The fourth-order valence-electron chi connectivity index (χ4n) is 2.89. The number of hydrogen-bond acceptors (Lipinski definition) is 3. The minimum atomic E-state index is -1.81. The van der Waals surface area contributed by atoms with Gasteiger partial charge in [-0.2, -0.15) is 4.44 Å². The molecule has 0 aliphatic carbocycles. The summed E-state index contributed by atoms with van der Waals surface area (Å²) in [6.07, 6.45) is 0. The zero-order valence-corrected chi connectivity index (χ0v) is 16.5. The van der Waals surface area contributed by atoms with Crippen molar-refractivity contribution < 1.29 is 0 Å². The molecule has 4 saturated heterocycles. The van der Waals surface area contributed by atoms with E-state index in [1.165, 1.54) is 0 Å². The van der Waals surface area contributed by atoms with E-state index in [0.29, 0.717) is 0 Å².